The number of nitrogens with one attached hydrogen (secondary N) is 1. The van der Waals surface area contributed by atoms with Crippen LogP contribution in [0.25, 0.3) is 0 Å². The minimum Gasteiger partial charge on any atom is -0.387 e. The van der Waals surface area contributed by atoms with Gasteiger partial charge in [0.05, 0.1) is 0 Å². The van der Waals surface area contributed by atoms with Gasteiger partial charge in [-0.15, -0.1) is 0 Å². The molecule has 0 heterocycles. The van der Waals surface area contributed by atoms with Crippen molar-refractivity contribution in [2.45, 2.75) is 20.4 Å². The first kappa shape index (κ1) is 10.8. The Kier molecular flexibility index (Phi) is 4.17. The third-order valence-corrected chi connectivity index (χ3v) is 1.79. The van der Waals surface area contributed by atoms with E-state index in [9.17, 15) is 4.39 Å². The molecule has 0 aromatic heterocycles. The molecule has 0 amide bonds. The molecule has 1 nitrogen and oxygen atoms in total. The molecule has 1 N–H and O–H groups in total. The lowest BCUT2D eigenvalue weighted by Crippen LogP contribution is -2.04. The second-order valence-corrected chi connectivity index (χ2v) is 3.61. The first-order valence-electron chi connectivity index (χ1n) is 4.83. The average molecular weight is 193 g/mol. The summed E-state index contributed by atoms with van der Waals surface area (Å²) >= 11 is 0. The molecule has 0 unspecified atom stereocenters. The van der Waals surface area contributed by atoms with Gasteiger partial charge in [-0.05, 0) is 29.8 Å². The normalized spacial score (nSPS) is 11.1. The zero-order valence-electron chi connectivity index (χ0n) is 8.63. The zero-order valence-corrected chi connectivity index (χ0v) is 8.63. The van der Waals surface area contributed by atoms with Gasteiger partial charge in [-0.3, -0.25) is 0 Å². The first-order chi connectivity index (χ1) is 6.68. The van der Waals surface area contributed by atoms with Crippen LogP contribution in [0.2, 0.25) is 0 Å². The van der Waals surface area contributed by atoms with Crippen LogP contribution < -0.4 is 5.32 Å². The summed E-state index contributed by atoms with van der Waals surface area (Å²) in [4.78, 5) is 0. The molecule has 0 atom stereocenters. The van der Waals surface area contributed by atoms with Crippen molar-refractivity contribution in [1.29, 1.82) is 0 Å². The van der Waals surface area contributed by atoms with Gasteiger partial charge in [-0.25, -0.2) is 4.39 Å². The van der Waals surface area contributed by atoms with Crippen LogP contribution in [0, 0.1) is 11.7 Å². The molecule has 1 rings (SSSR count). The van der Waals surface area contributed by atoms with E-state index < -0.39 is 0 Å². The summed E-state index contributed by atoms with van der Waals surface area (Å²) in [5.41, 5.74) is 0.957. The smallest absolute Gasteiger partial charge is 0.123 e. The lowest BCUT2D eigenvalue weighted by atomic mass is 10.2. The molecule has 0 aliphatic heterocycles. The molecule has 0 aliphatic carbocycles. The number of benzene rings is 1. The fourth-order valence-corrected chi connectivity index (χ4v) is 1.08. The molecule has 0 spiro atoms. The van der Waals surface area contributed by atoms with E-state index in [2.05, 4.69) is 25.2 Å². The van der Waals surface area contributed by atoms with E-state index in [4.69, 9.17) is 0 Å². The Balaban J connectivity index is 2.38. The van der Waals surface area contributed by atoms with Gasteiger partial charge in [0, 0.05) is 6.54 Å². The molecule has 0 radical (unpaired) electrons. The van der Waals surface area contributed by atoms with E-state index in [0.29, 0.717) is 12.5 Å². The summed E-state index contributed by atoms with van der Waals surface area (Å²) in [6.07, 6.45) is 3.98. The van der Waals surface area contributed by atoms with Crippen LogP contribution in [0.1, 0.15) is 19.4 Å². The van der Waals surface area contributed by atoms with Crippen LogP contribution in [0.3, 0.4) is 0 Å². The minimum absolute atomic E-state index is 0.183. The van der Waals surface area contributed by atoms with E-state index in [1.807, 2.05) is 12.3 Å². The average Bonchev–Trinajstić information content (AvgIpc) is 2.12. The maximum Gasteiger partial charge on any atom is 0.123 e. The SMILES string of the molecule is CC(C)/C=C\NCc1cccc(F)c1. The standard InChI is InChI=1S/C12H16FN/c1-10(2)6-7-14-9-11-4-3-5-12(13)8-11/h3-8,10,14H,9H2,1-2H3/b7-6-. The van der Waals surface area contributed by atoms with E-state index >= 15 is 0 Å². The summed E-state index contributed by atoms with van der Waals surface area (Å²) in [7, 11) is 0. The molecule has 0 bridgehead atoms. The predicted octanol–water partition coefficient (Wildman–Crippen LogP) is 3.09. The van der Waals surface area contributed by atoms with Crippen LogP contribution in [0.4, 0.5) is 4.39 Å². The van der Waals surface area contributed by atoms with Gasteiger partial charge in [0.2, 0.25) is 0 Å². The van der Waals surface area contributed by atoms with Crippen molar-refractivity contribution < 1.29 is 4.39 Å². The molecule has 0 aliphatic rings. The van der Waals surface area contributed by atoms with Gasteiger partial charge in [-0.2, -0.15) is 0 Å². The molecular weight excluding hydrogens is 177 g/mol. The van der Waals surface area contributed by atoms with Crippen LogP contribution in [-0.4, -0.2) is 0 Å². The van der Waals surface area contributed by atoms with Crippen molar-refractivity contribution in [3.63, 3.8) is 0 Å². The summed E-state index contributed by atoms with van der Waals surface area (Å²) < 4.78 is 12.8. The molecule has 1 aromatic carbocycles. The molecule has 0 saturated heterocycles. The second kappa shape index (κ2) is 5.43. The fourth-order valence-electron chi connectivity index (χ4n) is 1.08. The molecule has 76 valence electrons. The Hall–Kier alpha value is -1.31. The highest BCUT2D eigenvalue weighted by Crippen LogP contribution is 2.02. The minimum atomic E-state index is -0.183. The maximum atomic E-state index is 12.8. The van der Waals surface area contributed by atoms with Crippen LogP contribution in [0.5, 0.6) is 0 Å². The Morgan fingerprint density at radius 1 is 1.43 bits per heavy atom. The quantitative estimate of drug-likeness (QED) is 0.774. The van der Waals surface area contributed by atoms with Crippen molar-refractivity contribution in [3.05, 3.63) is 47.9 Å². The predicted molar refractivity (Wildman–Crippen MR) is 57.2 cm³/mol. The van der Waals surface area contributed by atoms with Gasteiger partial charge in [0.1, 0.15) is 5.82 Å². The van der Waals surface area contributed by atoms with Crippen molar-refractivity contribution in [2.24, 2.45) is 5.92 Å². The largest absolute Gasteiger partial charge is 0.387 e. The third kappa shape index (κ3) is 4.08. The maximum absolute atomic E-state index is 12.8. The van der Waals surface area contributed by atoms with E-state index in [1.165, 1.54) is 12.1 Å². The Morgan fingerprint density at radius 2 is 2.21 bits per heavy atom. The van der Waals surface area contributed by atoms with Gasteiger partial charge in [-0.1, -0.05) is 32.1 Å². The summed E-state index contributed by atoms with van der Waals surface area (Å²) in [5, 5.41) is 3.11. The van der Waals surface area contributed by atoms with Crippen molar-refractivity contribution in [1.82, 2.24) is 5.32 Å². The molecule has 2 heteroatoms. The van der Waals surface area contributed by atoms with E-state index in [-0.39, 0.29) is 5.82 Å². The van der Waals surface area contributed by atoms with Crippen LogP contribution >= 0.6 is 0 Å². The molecule has 0 saturated carbocycles. The Labute approximate surface area is 84.6 Å². The zero-order chi connectivity index (χ0) is 10.4. The highest BCUT2D eigenvalue weighted by Gasteiger charge is 1.92. The molecular formula is C12H16FN. The summed E-state index contributed by atoms with van der Waals surface area (Å²) in [6.45, 7) is 4.89. The number of hydrogen-bond acceptors (Lipinski definition) is 1. The van der Waals surface area contributed by atoms with Gasteiger partial charge in [0.15, 0.2) is 0 Å². The highest BCUT2D eigenvalue weighted by molar-refractivity contribution is 5.16. The molecule has 14 heavy (non-hydrogen) atoms. The number of hydrogen-bond donors (Lipinski definition) is 1. The number of halogens is 1. The fraction of sp³-hybridized carbons (Fsp3) is 0.333. The highest BCUT2D eigenvalue weighted by atomic mass is 19.1. The number of allylic oxidation sites excluding steroid dienone is 1. The van der Waals surface area contributed by atoms with E-state index in [1.54, 1.807) is 6.07 Å². The van der Waals surface area contributed by atoms with Crippen molar-refractivity contribution in [2.75, 3.05) is 0 Å². The van der Waals surface area contributed by atoms with Gasteiger partial charge >= 0.3 is 0 Å². The molecule has 1 aromatic rings. The topological polar surface area (TPSA) is 12.0 Å². The van der Waals surface area contributed by atoms with Crippen molar-refractivity contribution >= 4 is 0 Å². The van der Waals surface area contributed by atoms with Gasteiger partial charge < -0.3 is 5.32 Å². The monoisotopic (exact) mass is 193 g/mol. The van der Waals surface area contributed by atoms with E-state index in [0.717, 1.165) is 5.56 Å². The number of rotatable bonds is 4. The van der Waals surface area contributed by atoms with Crippen LogP contribution in [-0.2, 0) is 6.54 Å². The Bertz CT molecular complexity index is 305. The first-order valence-corrected chi connectivity index (χ1v) is 4.83. The third-order valence-electron chi connectivity index (χ3n) is 1.79. The summed E-state index contributed by atoms with van der Waals surface area (Å²) in [5.74, 6) is 0.354. The summed E-state index contributed by atoms with van der Waals surface area (Å²) in [6, 6.07) is 6.61. The van der Waals surface area contributed by atoms with Crippen LogP contribution in [0.15, 0.2) is 36.5 Å². The molecule has 0 fully saturated rings. The lowest BCUT2D eigenvalue weighted by Gasteiger charge is -2.01. The Morgan fingerprint density at radius 3 is 2.86 bits per heavy atom. The lowest BCUT2D eigenvalue weighted by molar-refractivity contribution is 0.624. The van der Waals surface area contributed by atoms with Gasteiger partial charge in [0.25, 0.3) is 0 Å². The van der Waals surface area contributed by atoms with Crippen molar-refractivity contribution in [3.8, 4) is 0 Å². The second-order valence-electron chi connectivity index (χ2n) is 3.61.